The van der Waals surface area contributed by atoms with E-state index in [9.17, 15) is 9.18 Å². The molecule has 392 valence electrons. The van der Waals surface area contributed by atoms with Gasteiger partial charge in [0.15, 0.2) is 5.60 Å². The van der Waals surface area contributed by atoms with Gasteiger partial charge in [-0.2, -0.15) is 0 Å². The summed E-state index contributed by atoms with van der Waals surface area (Å²) >= 11 is 0. The van der Waals surface area contributed by atoms with Crippen LogP contribution in [0.3, 0.4) is 0 Å². The van der Waals surface area contributed by atoms with Crippen molar-refractivity contribution in [3.8, 4) is 39.1 Å². The highest BCUT2D eigenvalue weighted by molar-refractivity contribution is 6.10. The third-order valence-electron chi connectivity index (χ3n) is 17.1. The summed E-state index contributed by atoms with van der Waals surface area (Å²) in [6.45, 7) is 12.9. The highest BCUT2D eigenvalue weighted by Crippen LogP contribution is 2.59. The summed E-state index contributed by atoms with van der Waals surface area (Å²) in [4.78, 5) is 16.1. The lowest BCUT2D eigenvalue weighted by molar-refractivity contribution is 0.102. The number of carbonyl (C=O) groups excluding carboxylic acids is 1. The Morgan fingerprint density at radius 3 is 1.96 bits per heavy atom. The third-order valence-corrected chi connectivity index (χ3v) is 17.1. The van der Waals surface area contributed by atoms with E-state index in [0.717, 1.165) is 104 Å². The van der Waals surface area contributed by atoms with Crippen LogP contribution in [0.2, 0.25) is 0 Å². The lowest BCUT2D eigenvalue weighted by atomic mass is 9.76. The van der Waals surface area contributed by atoms with Gasteiger partial charge in [0.2, 0.25) is 0 Å². The van der Waals surface area contributed by atoms with Gasteiger partial charge in [-0.25, -0.2) is 13.2 Å². The summed E-state index contributed by atoms with van der Waals surface area (Å²) in [7, 11) is 0. The number of fused-ring (bicyclic) bond motifs is 8. The van der Waals surface area contributed by atoms with Gasteiger partial charge < -0.3 is 15.0 Å². The van der Waals surface area contributed by atoms with Gasteiger partial charge in [-0.15, -0.1) is 0 Å². The number of unbranched alkanes of at least 4 members (excludes halogenated alkanes) is 2. The van der Waals surface area contributed by atoms with Crippen LogP contribution in [0.5, 0.6) is 5.75 Å². The Morgan fingerprint density at radius 2 is 1.29 bits per heavy atom. The lowest BCUT2D eigenvalue weighted by Crippen LogP contribution is -2.35. The Bertz CT molecular complexity index is 3470. The first kappa shape index (κ1) is 51.7. The molecule has 77 heavy (non-hydrogen) atoms. The molecule has 8 aromatic carbocycles. The maximum Gasteiger partial charge on any atom is 0.255 e. The second kappa shape index (κ2) is 21.6. The number of piperidine rings is 1. The van der Waals surface area contributed by atoms with E-state index in [2.05, 4.69) is 91.7 Å². The van der Waals surface area contributed by atoms with E-state index in [1.807, 2.05) is 80.6 Å². The Labute approximate surface area is 453 Å². The maximum atomic E-state index is 16.2. The number of nitrogens with zero attached hydrogens (tertiary/aromatic N) is 1. The summed E-state index contributed by atoms with van der Waals surface area (Å²) in [6.07, 6.45) is 16.7. The molecule has 1 fully saturated rings. The molecule has 0 aromatic heterocycles. The summed E-state index contributed by atoms with van der Waals surface area (Å²) in [6, 6.07) is 47.9. The molecular formula is C70H69F3N2O2. The smallest absolute Gasteiger partial charge is 0.255 e. The molecule has 1 saturated heterocycles. The molecule has 0 radical (unpaired) electrons. The Kier molecular flexibility index (Phi) is 14.5. The van der Waals surface area contributed by atoms with E-state index in [1.54, 1.807) is 12.1 Å². The van der Waals surface area contributed by atoms with E-state index in [0.29, 0.717) is 34.0 Å². The number of anilines is 2. The van der Waals surface area contributed by atoms with Crippen molar-refractivity contribution in [2.75, 3.05) is 23.3 Å². The molecule has 7 heteroatoms. The molecule has 1 aliphatic carbocycles. The van der Waals surface area contributed by atoms with Crippen LogP contribution in [0.15, 0.2) is 158 Å². The van der Waals surface area contributed by atoms with Crippen LogP contribution in [0.1, 0.15) is 148 Å². The van der Waals surface area contributed by atoms with Crippen LogP contribution < -0.4 is 15.0 Å². The minimum atomic E-state index is -1.15. The molecule has 3 atom stereocenters. The van der Waals surface area contributed by atoms with Gasteiger partial charge in [-0.3, -0.25) is 4.79 Å². The number of ether oxygens (including phenoxy) is 1. The van der Waals surface area contributed by atoms with Crippen molar-refractivity contribution in [1.29, 1.82) is 0 Å². The molecule has 0 saturated carbocycles. The molecule has 1 amide bonds. The molecule has 2 aliphatic heterocycles. The molecule has 11 rings (SSSR count). The number of amides is 1. The number of halogens is 3. The first-order chi connectivity index (χ1) is 37.3. The first-order valence-electron chi connectivity index (χ1n) is 28.1. The predicted molar refractivity (Wildman–Crippen MR) is 312 cm³/mol. The van der Waals surface area contributed by atoms with Crippen molar-refractivity contribution in [3.05, 3.63) is 214 Å². The zero-order valence-corrected chi connectivity index (χ0v) is 45.1. The van der Waals surface area contributed by atoms with Crippen molar-refractivity contribution < 1.29 is 22.7 Å². The van der Waals surface area contributed by atoms with Crippen LogP contribution >= 0.6 is 0 Å². The normalized spacial score (nSPS) is 17.1. The highest BCUT2D eigenvalue weighted by atomic mass is 19.1. The first-order valence-corrected chi connectivity index (χ1v) is 28.1. The average Bonchev–Trinajstić information content (AvgIpc) is 3.99. The van der Waals surface area contributed by atoms with Crippen molar-refractivity contribution in [3.63, 3.8) is 0 Å². The average molecular weight is 1030 g/mol. The molecule has 4 nitrogen and oxygen atoms in total. The van der Waals surface area contributed by atoms with Gasteiger partial charge in [0.25, 0.3) is 5.91 Å². The standard InChI is InChI=1S/C70H69F3N2O2/c1-6-8-10-13-46(7-2)15-14-45(3)47-16-18-48(19-17-47)49-20-22-51(23-21-49)68(76)74-57-33-24-50(25-34-57)52-26-37-59-61(42-52)64-62-43-56(72)44-63(73)65(62)69(4,5)66(64)60-38-39-70(77-67(59)60,53-27-31-55(71)32-28-53)54-29-35-58(36-30-54)75-40-11-9-12-41-75/h16-39,42-46H,6-15,40-41H2,1-5H3,(H,74,76). The maximum absolute atomic E-state index is 16.2. The van der Waals surface area contributed by atoms with E-state index in [1.165, 1.54) is 75.1 Å². The molecule has 3 unspecified atom stereocenters. The zero-order valence-electron chi connectivity index (χ0n) is 45.1. The molecule has 3 aliphatic rings. The van der Waals surface area contributed by atoms with Crippen LogP contribution in [-0.2, 0) is 11.0 Å². The fraction of sp³-hybridized carbons (Fsp3) is 0.300. The van der Waals surface area contributed by atoms with E-state index in [-0.39, 0.29) is 11.7 Å². The fourth-order valence-electron chi connectivity index (χ4n) is 12.7. The van der Waals surface area contributed by atoms with Gasteiger partial charge in [-0.1, -0.05) is 152 Å². The summed E-state index contributed by atoms with van der Waals surface area (Å²) in [5, 5.41) is 4.65. The van der Waals surface area contributed by atoms with Gasteiger partial charge in [-0.05, 0) is 167 Å². The summed E-state index contributed by atoms with van der Waals surface area (Å²) < 4.78 is 53.8. The van der Waals surface area contributed by atoms with Crippen molar-refractivity contribution in [1.82, 2.24) is 0 Å². The van der Waals surface area contributed by atoms with Crippen LogP contribution in [0.4, 0.5) is 24.5 Å². The number of hydrogen-bond donors (Lipinski definition) is 1. The number of benzene rings is 8. The van der Waals surface area contributed by atoms with E-state index in [4.69, 9.17) is 4.74 Å². The van der Waals surface area contributed by atoms with Crippen LogP contribution in [-0.4, -0.2) is 19.0 Å². The topological polar surface area (TPSA) is 41.6 Å². The molecule has 1 N–H and O–H groups in total. The summed E-state index contributed by atoms with van der Waals surface area (Å²) in [5.74, 6) is 0.141. The van der Waals surface area contributed by atoms with Crippen LogP contribution in [0.25, 0.3) is 50.2 Å². The molecule has 0 spiro atoms. The second-order valence-electron chi connectivity index (χ2n) is 22.4. The SMILES string of the molecule is CCCCCC(CC)CCC(C)c1ccc(-c2ccc(C(=O)Nc3ccc(-c4ccc5c6c(c7c(c5c4)-c4cc(F)cc(F)c4C7(C)C)C=CC(c4ccc(F)cc4)(c4ccc(N5CCCCC5)cc4)O6)cc3)cc2)cc1. The third kappa shape index (κ3) is 9.99. The van der Waals surface area contributed by atoms with Gasteiger partial charge in [0.1, 0.15) is 23.2 Å². The second-order valence-corrected chi connectivity index (χ2v) is 22.4. The van der Waals surface area contributed by atoms with Gasteiger partial charge in [0.05, 0.1) is 0 Å². The van der Waals surface area contributed by atoms with Crippen molar-refractivity contribution in [2.45, 2.75) is 116 Å². The van der Waals surface area contributed by atoms with Crippen LogP contribution in [0, 0.1) is 23.4 Å². The minimum Gasteiger partial charge on any atom is -0.472 e. The zero-order chi connectivity index (χ0) is 53.4. The largest absolute Gasteiger partial charge is 0.472 e. The molecule has 2 heterocycles. The van der Waals surface area contributed by atoms with Gasteiger partial charge in [0, 0.05) is 69.1 Å². The van der Waals surface area contributed by atoms with Crippen molar-refractivity contribution >= 4 is 34.1 Å². The fourth-order valence-corrected chi connectivity index (χ4v) is 12.7. The minimum absolute atomic E-state index is 0.205. The number of nitrogens with one attached hydrogen (secondary N) is 1. The predicted octanol–water partition coefficient (Wildman–Crippen LogP) is 19.0. The molecule has 8 aromatic rings. The van der Waals surface area contributed by atoms with E-state index < -0.39 is 22.7 Å². The van der Waals surface area contributed by atoms with E-state index >= 15 is 8.78 Å². The monoisotopic (exact) mass is 1030 g/mol. The Balaban J connectivity index is 0.874. The van der Waals surface area contributed by atoms with Gasteiger partial charge >= 0.3 is 0 Å². The number of carbonyl (C=O) groups is 1. The summed E-state index contributed by atoms with van der Waals surface area (Å²) in [5.41, 5.74) is 10.7. The number of hydrogen-bond acceptors (Lipinski definition) is 3. The van der Waals surface area contributed by atoms with Crippen molar-refractivity contribution in [2.24, 2.45) is 5.92 Å². The quantitative estimate of drug-likeness (QED) is 0.0981. The molecule has 0 bridgehead atoms. The highest BCUT2D eigenvalue weighted by Gasteiger charge is 2.46. The Hall–Kier alpha value is -7.38. The lowest BCUT2D eigenvalue weighted by Gasteiger charge is -2.39. The molecular weight excluding hydrogens is 958 g/mol. The Morgan fingerprint density at radius 1 is 0.649 bits per heavy atom. The number of rotatable bonds is 16.